The molecule has 0 radical (unpaired) electrons. The maximum atomic E-state index is 11.3. The average Bonchev–Trinajstić information content (AvgIpc) is 2.85. The Balaban J connectivity index is 1.82. The molecule has 106 valence electrons. The molecule has 3 N–H and O–H groups in total. The molecular weight excluding hydrogens is 258 g/mol. The zero-order chi connectivity index (χ0) is 14.4. The minimum atomic E-state index is -0.451. The highest BCUT2D eigenvalue weighted by Crippen LogP contribution is 2.15. The number of hydrazine groups is 1. The number of hydrogen-bond donors (Lipinski definition) is 2. The Hall–Kier alpha value is -2.18. The summed E-state index contributed by atoms with van der Waals surface area (Å²) in [6.45, 7) is 2.73. The normalized spacial score (nSPS) is 10.5. The number of hydrogen-bond acceptors (Lipinski definition) is 5. The number of carbonyl (C=O) groups is 1. The van der Waals surface area contributed by atoms with Gasteiger partial charge in [0.1, 0.15) is 5.76 Å². The van der Waals surface area contributed by atoms with E-state index >= 15 is 0 Å². The van der Waals surface area contributed by atoms with Gasteiger partial charge in [-0.15, -0.1) is 0 Å². The molecular formula is C14H17N3O3. The Bertz CT molecular complexity index is 566. The molecule has 0 unspecified atom stereocenters. The summed E-state index contributed by atoms with van der Waals surface area (Å²) in [7, 11) is 0. The summed E-state index contributed by atoms with van der Waals surface area (Å²) in [6, 6.07) is 7.41. The Labute approximate surface area is 116 Å². The summed E-state index contributed by atoms with van der Waals surface area (Å²) < 4.78 is 10.9. The number of nitrogens with two attached hydrogens (primary N) is 1. The molecule has 2 aromatic heterocycles. The van der Waals surface area contributed by atoms with Gasteiger partial charge >= 0.3 is 5.91 Å². The van der Waals surface area contributed by atoms with E-state index in [1.54, 1.807) is 19.2 Å². The van der Waals surface area contributed by atoms with Gasteiger partial charge < -0.3 is 9.15 Å². The van der Waals surface area contributed by atoms with Crippen molar-refractivity contribution < 1.29 is 13.9 Å². The molecule has 6 heteroatoms. The lowest BCUT2D eigenvalue weighted by atomic mass is 10.2. The van der Waals surface area contributed by atoms with Crippen LogP contribution in [0.4, 0.5) is 0 Å². The van der Waals surface area contributed by atoms with Crippen LogP contribution in [-0.4, -0.2) is 17.5 Å². The van der Waals surface area contributed by atoms with E-state index in [1.165, 1.54) is 0 Å². The largest absolute Gasteiger partial charge is 0.456 e. The first kappa shape index (κ1) is 14.2. The van der Waals surface area contributed by atoms with Gasteiger partial charge in [-0.2, -0.15) is 0 Å². The van der Waals surface area contributed by atoms with Crippen molar-refractivity contribution in [3.63, 3.8) is 0 Å². The van der Waals surface area contributed by atoms with E-state index in [0.717, 1.165) is 17.7 Å². The van der Waals surface area contributed by atoms with Crippen LogP contribution >= 0.6 is 0 Å². The van der Waals surface area contributed by atoms with E-state index in [9.17, 15) is 4.79 Å². The SMILES string of the molecule is Cc1oc(C(=O)NN)cc1COCCc1ccccn1. The number of pyridine rings is 1. The first-order valence-corrected chi connectivity index (χ1v) is 6.28. The van der Waals surface area contributed by atoms with Crippen LogP contribution in [0.2, 0.25) is 0 Å². The molecule has 2 aromatic rings. The zero-order valence-corrected chi connectivity index (χ0v) is 11.3. The molecule has 1 amide bonds. The van der Waals surface area contributed by atoms with Gasteiger partial charge in [0.05, 0.1) is 13.2 Å². The first-order chi connectivity index (χ1) is 9.70. The minimum absolute atomic E-state index is 0.188. The molecule has 0 saturated carbocycles. The van der Waals surface area contributed by atoms with Crippen LogP contribution in [0, 0.1) is 6.92 Å². The number of nitrogens with one attached hydrogen (secondary N) is 1. The lowest BCUT2D eigenvalue weighted by molar-refractivity contribution is 0.0924. The molecule has 6 nitrogen and oxygen atoms in total. The van der Waals surface area contributed by atoms with Crippen molar-refractivity contribution in [3.8, 4) is 0 Å². The van der Waals surface area contributed by atoms with Gasteiger partial charge in [0, 0.05) is 23.9 Å². The van der Waals surface area contributed by atoms with Gasteiger partial charge in [0.15, 0.2) is 5.76 Å². The van der Waals surface area contributed by atoms with Gasteiger partial charge in [0.25, 0.3) is 0 Å². The van der Waals surface area contributed by atoms with Gasteiger partial charge in [-0.05, 0) is 25.1 Å². The van der Waals surface area contributed by atoms with Crippen LogP contribution in [0.3, 0.4) is 0 Å². The summed E-state index contributed by atoms with van der Waals surface area (Å²) in [4.78, 5) is 15.5. The van der Waals surface area contributed by atoms with E-state index in [4.69, 9.17) is 15.0 Å². The highest BCUT2D eigenvalue weighted by Gasteiger charge is 2.13. The summed E-state index contributed by atoms with van der Waals surface area (Å²) >= 11 is 0. The molecule has 0 atom stereocenters. The van der Waals surface area contributed by atoms with E-state index in [-0.39, 0.29) is 5.76 Å². The van der Waals surface area contributed by atoms with Crippen LogP contribution < -0.4 is 11.3 Å². The maximum absolute atomic E-state index is 11.3. The standard InChI is InChI=1S/C14H17N3O3/c1-10-11(8-13(20-10)14(18)17-15)9-19-7-5-12-4-2-3-6-16-12/h2-4,6,8H,5,7,9,15H2,1H3,(H,17,18). The molecule has 0 bridgehead atoms. The number of nitrogen functional groups attached to an aromatic ring is 1. The highest BCUT2D eigenvalue weighted by molar-refractivity contribution is 5.91. The summed E-state index contributed by atoms with van der Waals surface area (Å²) in [5, 5.41) is 0. The van der Waals surface area contributed by atoms with E-state index < -0.39 is 5.91 Å². The predicted octanol–water partition coefficient (Wildman–Crippen LogP) is 1.35. The third-order valence-electron chi connectivity index (χ3n) is 2.86. The summed E-state index contributed by atoms with van der Waals surface area (Å²) in [5.41, 5.74) is 3.85. The fraction of sp³-hybridized carbons (Fsp3) is 0.286. The van der Waals surface area contributed by atoms with Crippen LogP contribution in [-0.2, 0) is 17.8 Å². The van der Waals surface area contributed by atoms with Crippen molar-refractivity contribution in [1.82, 2.24) is 10.4 Å². The highest BCUT2D eigenvalue weighted by atomic mass is 16.5. The molecule has 2 heterocycles. The molecule has 0 aliphatic heterocycles. The molecule has 0 fully saturated rings. The third kappa shape index (κ3) is 3.66. The number of rotatable bonds is 6. The second-order valence-electron chi connectivity index (χ2n) is 4.29. The lowest BCUT2D eigenvalue weighted by Gasteiger charge is -2.02. The van der Waals surface area contributed by atoms with Crippen LogP contribution in [0.1, 0.15) is 27.6 Å². The monoisotopic (exact) mass is 275 g/mol. The van der Waals surface area contributed by atoms with Crippen LogP contribution in [0.5, 0.6) is 0 Å². The number of nitrogens with zero attached hydrogens (tertiary/aromatic N) is 1. The van der Waals surface area contributed by atoms with Gasteiger partial charge in [-0.25, -0.2) is 5.84 Å². The fourth-order valence-electron chi connectivity index (χ4n) is 1.75. The molecule has 0 saturated heterocycles. The Morgan fingerprint density at radius 2 is 2.35 bits per heavy atom. The van der Waals surface area contributed by atoms with Crippen molar-refractivity contribution in [2.24, 2.45) is 5.84 Å². The van der Waals surface area contributed by atoms with Crippen molar-refractivity contribution >= 4 is 5.91 Å². The van der Waals surface area contributed by atoms with Gasteiger partial charge in [0.2, 0.25) is 0 Å². The van der Waals surface area contributed by atoms with Crippen molar-refractivity contribution in [2.45, 2.75) is 20.0 Å². The maximum Gasteiger partial charge on any atom is 0.300 e. The quantitative estimate of drug-likeness (QED) is 0.359. The molecule has 2 rings (SSSR count). The second kappa shape index (κ2) is 6.83. The molecule has 0 spiro atoms. The van der Waals surface area contributed by atoms with E-state index in [2.05, 4.69) is 4.98 Å². The first-order valence-electron chi connectivity index (χ1n) is 6.28. The summed E-state index contributed by atoms with van der Waals surface area (Å²) in [5.74, 6) is 5.44. The second-order valence-corrected chi connectivity index (χ2v) is 4.29. The van der Waals surface area contributed by atoms with Gasteiger partial charge in [-0.3, -0.25) is 15.2 Å². The number of carbonyl (C=O) groups excluding carboxylic acids is 1. The smallest absolute Gasteiger partial charge is 0.300 e. The summed E-state index contributed by atoms with van der Waals surface area (Å²) in [6.07, 6.45) is 2.50. The van der Waals surface area contributed by atoms with E-state index in [0.29, 0.717) is 19.0 Å². The van der Waals surface area contributed by atoms with Crippen molar-refractivity contribution in [1.29, 1.82) is 0 Å². The Kier molecular flexibility index (Phi) is 4.86. The fourth-order valence-corrected chi connectivity index (χ4v) is 1.75. The zero-order valence-electron chi connectivity index (χ0n) is 11.3. The predicted molar refractivity (Wildman–Crippen MR) is 72.7 cm³/mol. The molecule has 20 heavy (non-hydrogen) atoms. The van der Waals surface area contributed by atoms with Crippen molar-refractivity contribution in [2.75, 3.05) is 6.61 Å². The molecule has 0 aliphatic rings. The Morgan fingerprint density at radius 3 is 3.05 bits per heavy atom. The number of amides is 1. The van der Waals surface area contributed by atoms with Crippen molar-refractivity contribution in [3.05, 3.63) is 53.2 Å². The molecule has 0 aliphatic carbocycles. The van der Waals surface area contributed by atoms with E-state index in [1.807, 2.05) is 23.6 Å². The topological polar surface area (TPSA) is 90.4 Å². The van der Waals surface area contributed by atoms with Crippen LogP contribution in [0.25, 0.3) is 0 Å². The van der Waals surface area contributed by atoms with Crippen LogP contribution in [0.15, 0.2) is 34.9 Å². The minimum Gasteiger partial charge on any atom is -0.456 e. The number of aryl methyl sites for hydroxylation is 1. The molecule has 0 aromatic carbocycles. The average molecular weight is 275 g/mol. The Morgan fingerprint density at radius 1 is 1.50 bits per heavy atom. The van der Waals surface area contributed by atoms with Gasteiger partial charge in [-0.1, -0.05) is 6.07 Å². The third-order valence-corrected chi connectivity index (χ3v) is 2.86. The lowest BCUT2D eigenvalue weighted by Crippen LogP contribution is -2.29. The number of ether oxygens (including phenoxy) is 1. The number of furan rings is 1. The number of aromatic nitrogens is 1.